The number of rotatable bonds is 7. The Hall–Kier alpha value is -1.88. The Morgan fingerprint density at radius 1 is 1.33 bits per heavy atom. The van der Waals surface area contributed by atoms with E-state index < -0.39 is 0 Å². The van der Waals surface area contributed by atoms with Crippen LogP contribution in [0, 0.1) is 5.92 Å². The van der Waals surface area contributed by atoms with Crippen LogP contribution < -0.4 is 5.73 Å². The molecule has 132 valence electrons. The fraction of sp³-hybridized carbons (Fsp3) is 0.579. The number of hydrogen-bond acceptors (Lipinski definition) is 3. The Morgan fingerprint density at radius 2 is 2.04 bits per heavy atom. The molecule has 0 spiro atoms. The van der Waals surface area contributed by atoms with Crippen molar-refractivity contribution in [3.05, 3.63) is 35.9 Å². The Bertz CT molecular complexity index is 547. The monoisotopic (exact) mass is 331 g/mol. The number of carbonyl (C=O) groups excluding carboxylic acids is 2. The van der Waals surface area contributed by atoms with Gasteiger partial charge in [-0.1, -0.05) is 30.3 Å². The molecule has 0 aromatic heterocycles. The highest BCUT2D eigenvalue weighted by molar-refractivity contribution is 5.83. The number of primary amides is 1. The van der Waals surface area contributed by atoms with E-state index in [0.717, 1.165) is 38.8 Å². The smallest absolute Gasteiger partial charge is 0.239 e. The predicted octanol–water partition coefficient (Wildman–Crippen LogP) is 1.66. The van der Waals surface area contributed by atoms with Crippen LogP contribution in [0.3, 0.4) is 0 Å². The summed E-state index contributed by atoms with van der Waals surface area (Å²) in [6.45, 7) is 4.01. The van der Waals surface area contributed by atoms with Gasteiger partial charge >= 0.3 is 0 Å². The molecule has 1 heterocycles. The fourth-order valence-corrected chi connectivity index (χ4v) is 3.23. The summed E-state index contributed by atoms with van der Waals surface area (Å²) in [5.74, 6) is -0.391. The Kier molecular flexibility index (Phi) is 6.79. The fourth-order valence-electron chi connectivity index (χ4n) is 3.23. The van der Waals surface area contributed by atoms with Gasteiger partial charge in [-0.25, -0.2) is 0 Å². The zero-order valence-corrected chi connectivity index (χ0v) is 14.8. The summed E-state index contributed by atoms with van der Waals surface area (Å²) in [5.41, 5.74) is 6.72. The van der Waals surface area contributed by atoms with Crippen LogP contribution >= 0.6 is 0 Å². The molecule has 2 amide bonds. The summed E-state index contributed by atoms with van der Waals surface area (Å²) < 4.78 is 0. The average Bonchev–Trinajstić information content (AvgIpc) is 2.61. The van der Waals surface area contributed by atoms with Crippen molar-refractivity contribution in [2.24, 2.45) is 11.7 Å². The summed E-state index contributed by atoms with van der Waals surface area (Å²) in [6.07, 6.45) is 3.67. The highest BCUT2D eigenvalue weighted by Gasteiger charge is 2.30. The van der Waals surface area contributed by atoms with Crippen LogP contribution in [0.2, 0.25) is 0 Å². The van der Waals surface area contributed by atoms with Gasteiger partial charge in [0.1, 0.15) is 0 Å². The lowest BCUT2D eigenvalue weighted by Crippen LogP contribution is -2.51. The Morgan fingerprint density at radius 3 is 2.71 bits per heavy atom. The molecule has 0 bridgehead atoms. The van der Waals surface area contributed by atoms with E-state index in [1.165, 1.54) is 5.56 Å². The maximum atomic E-state index is 12.7. The second-order valence-corrected chi connectivity index (χ2v) is 6.77. The number of amides is 2. The topological polar surface area (TPSA) is 66.6 Å². The number of carbonyl (C=O) groups is 2. The van der Waals surface area contributed by atoms with Gasteiger partial charge in [-0.15, -0.1) is 0 Å². The van der Waals surface area contributed by atoms with Crippen LogP contribution in [0.4, 0.5) is 0 Å². The number of aryl methyl sites for hydroxylation is 1. The standard InChI is InChI=1S/C19H29N3O2/c1-15(19(24)22-13-7-11-17(14-22)18(20)23)21(2)12-6-10-16-8-4-3-5-9-16/h3-5,8-9,15,17H,6-7,10-14H2,1-2H3,(H2,20,23)/t15-,17-/m0/s1. The number of piperidine rings is 1. The molecule has 0 aliphatic carbocycles. The highest BCUT2D eigenvalue weighted by Crippen LogP contribution is 2.18. The van der Waals surface area contributed by atoms with Crippen molar-refractivity contribution in [1.29, 1.82) is 0 Å². The van der Waals surface area contributed by atoms with E-state index in [2.05, 4.69) is 29.2 Å². The molecule has 0 radical (unpaired) electrons. The molecule has 0 unspecified atom stereocenters. The van der Waals surface area contributed by atoms with E-state index in [-0.39, 0.29) is 23.8 Å². The van der Waals surface area contributed by atoms with Gasteiger partial charge in [0, 0.05) is 13.1 Å². The number of nitrogens with two attached hydrogens (primary N) is 1. The van der Waals surface area contributed by atoms with E-state index in [1.54, 1.807) is 4.90 Å². The number of likely N-dealkylation sites (tertiary alicyclic amines) is 1. The first-order valence-electron chi connectivity index (χ1n) is 8.81. The van der Waals surface area contributed by atoms with E-state index in [9.17, 15) is 9.59 Å². The number of hydrogen-bond donors (Lipinski definition) is 1. The second-order valence-electron chi connectivity index (χ2n) is 6.77. The normalized spacial score (nSPS) is 19.3. The molecule has 1 fully saturated rings. The van der Waals surface area contributed by atoms with Gasteiger partial charge in [-0.05, 0) is 51.8 Å². The largest absolute Gasteiger partial charge is 0.369 e. The van der Waals surface area contributed by atoms with Gasteiger partial charge in [-0.3, -0.25) is 14.5 Å². The molecular weight excluding hydrogens is 302 g/mol. The molecule has 1 aliphatic rings. The van der Waals surface area contributed by atoms with E-state index in [0.29, 0.717) is 6.54 Å². The minimum atomic E-state index is -0.295. The Balaban J connectivity index is 1.80. The molecule has 5 nitrogen and oxygen atoms in total. The molecule has 1 aromatic carbocycles. The zero-order valence-electron chi connectivity index (χ0n) is 14.8. The van der Waals surface area contributed by atoms with Gasteiger partial charge < -0.3 is 10.6 Å². The van der Waals surface area contributed by atoms with E-state index in [4.69, 9.17) is 5.73 Å². The quantitative estimate of drug-likeness (QED) is 0.826. The first-order valence-corrected chi connectivity index (χ1v) is 8.81. The van der Waals surface area contributed by atoms with Crippen molar-refractivity contribution in [2.45, 2.75) is 38.6 Å². The van der Waals surface area contributed by atoms with Gasteiger partial charge in [0.25, 0.3) is 0 Å². The summed E-state index contributed by atoms with van der Waals surface area (Å²) >= 11 is 0. The minimum absolute atomic E-state index is 0.100. The van der Waals surface area contributed by atoms with Crippen molar-refractivity contribution in [3.8, 4) is 0 Å². The van der Waals surface area contributed by atoms with Gasteiger partial charge in [0.2, 0.25) is 11.8 Å². The molecule has 1 saturated heterocycles. The Labute approximate surface area is 144 Å². The molecule has 5 heteroatoms. The number of nitrogens with zero attached hydrogens (tertiary/aromatic N) is 2. The molecule has 1 aliphatic heterocycles. The lowest BCUT2D eigenvalue weighted by molar-refractivity contribution is -0.139. The van der Waals surface area contributed by atoms with Gasteiger partial charge in [-0.2, -0.15) is 0 Å². The van der Waals surface area contributed by atoms with Crippen molar-refractivity contribution in [2.75, 3.05) is 26.7 Å². The first-order chi connectivity index (χ1) is 11.5. The van der Waals surface area contributed by atoms with E-state index >= 15 is 0 Å². The van der Waals surface area contributed by atoms with Crippen molar-refractivity contribution < 1.29 is 9.59 Å². The van der Waals surface area contributed by atoms with Gasteiger partial charge in [0.15, 0.2) is 0 Å². The third kappa shape index (κ3) is 5.06. The van der Waals surface area contributed by atoms with Crippen LogP contribution in [0.15, 0.2) is 30.3 Å². The van der Waals surface area contributed by atoms with Crippen LogP contribution in [-0.4, -0.2) is 54.3 Å². The SMILES string of the molecule is C[C@@H](C(=O)N1CCC[C@H](C(N)=O)C1)N(C)CCCc1ccccc1. The van der Waals surface area contributed by atoms with Crippen LogP contribution in [0.1, 0.15) is 31.7 Å². The summed E-state index contributed by atoms with van der Waals surface area (Å²) in [7, 11) is 1.99. The third-order valence-electron chi connectivity index (χ3n) is 4.97. The number of benzene rings is 1. The first kappa shape index (κ1) is 18.5. The van der Waals surface area contributed by atoms with Gasteiger partial charge in [0.05, 0.1) is 12.0 Å². The summed E-state index contributed by atoms with van der Waals surface area (Å²) in [6, 6.07) is 10.2. The lowest BCUT2D eigenvalue weighted by Gasteiger charge is -2.35. The third-order valence-corrected chi connectivity index (χ3v) is 4.97. The molecule has 2 N–H and O–H groups in total. The predicted molar refractivity (Wildman–Crippen MR) is 95.4 cm³/mol. The number of likely N-dealkylation sites (N-methyl/N-ethyl adjacent to an activating group) is 1. The van der Waals surface area contributed by atoms with Crippen molar-refractivity contribution in [3.63, 3.8) is 0 Å². The minimum Gasteiger partial charge on any atom is -0.369 e. The summed E-state index contributed by atoms with van der Waals surface area (Å²) in [5, 5.41) is 0. The zero-order chi connectivity index (χ0) is 17.5. The molecule has 1 aromatic rings. The van der Waals surface area contributed by atoms with Crippen molar-refractivity contribution in [1.82, 2.24) is 9.80 Å². The molecule has 0 saturated carbocycles. The molecular formula is C19H29N3O2. The average molecular weight is 331 g/mol. The van der Waals surface area contributed by atoms with E-state index in [1.807, 2.05) is 20.0 Å². The molecule has 2 rings (SSSR count). The second kappa shape index (κ2) is 8.83. The van der Waals surface area contributed by atoms with Crippen LogP contribution in [0.25, 0.3) is 0 Å². The maximum Gasteiger partial charge on any atom is 0.239 e. The molecule has 2 atom stereocenters. The highest BCUT2D eigenvalue weighted by atomic mass is 16.2. The lowest BCUT2D eigenvalue weighted by atomic mass is 9.97. The summed E-state index contributed by atoms with van der Waals surface area (Å²) in [4.78, 5) is 27.9. The maximum absolute atomic E-state index is 12.7. The van der Waals surface area contributed by atoms with Crippen molar-refractivity contribution >= 4 is 11.8 Å². The molecule has 24 heavy (non-hydrogen) atoms. The van der Waals surface area contributed by atoms with Crippen LogP contribution in [-0.2, 0) is 16.0 Å². The van der Waals surface area contributed by atoms with Crippen LogP contribution in [0.5, 0.6) is 0 Å².